The highest BCUT2D eigenvalue weighted by Crippen LogP contribution is 2.28. The third-order valence-corrected chi connectivity index (χ3v) is 6.61. The standard InChI is InChI=1S/C22H27F2N5O2S/c1-13-19(28-21(31)15-6-7-17(23)18(24)11-15)25-12-26-22(13)32-14(2)20(30)27-16-5-4-9-29(3)10-8-16/h6-7,11-12,14,16H,4-5,8-10H2,1-3H3,(H,27,30)(H,25,26,28,31). The molecule has 0 radical (unpaired) electrons. The molecule has 2 aromatic rings. The van der Waals surface area contributed by atoms with E-state index in [1.165, 1.54) is 24.2 Å². The highest BCUT2D eigenvalue weighted by molar-refractivity contribution is 8.00. The molecule has 10 heteroatoms. The summed E-state index contributed by atoms with van der Waals surface area (Å²) in [6, 6.07) is 3.07. The lowest BCUT2D eigenvalue weighted by Gasteiger charge is -2.20. The zero-order valence-corrected chi connectivity index (χ0v) is 19.1. The maximum atomic E-state index is 13.4. The number of anilines is 1. The van der Waals surface area contributed by atoms with Crippen LogP contribution in [0.25, 0.3) is 0 Å². The van der Waals surface area contributed by atoms with Gasteiger partial charge < -0.3 is 15.5 Å². The van der Waals surface area contributed by atoms with E-state index in [1.54, 1.807) is 6.92 Å². The lowest BCUT2D eigenvalue weighted by Crippen LogP contribution is -2.39. The fourth-order valence-corrected chi connectivity index (χ4v) is 4.31. The van der Waals surface area contributed by atoms with Gasteiger partial charge in [-0.3, -0.25) is 9.59 Å². The smallest absolute Gasteiger partial charge is 0.256 e. The van der Waals surface area contributed by atoms with Gasteiger partial charge in [-0.25, -0.2) is 18.7 Å². The number of benzene rings is 1. The molecule has 2 atom stereocenters. The van der Waals surface area contributed by atoms with E-state index in [0.29, 0.717) is 10.6 Å². The third kappa shape index (κ3) is 6.23. The normalized spacial score (nSPS) is 18.0. The molecule has 1 aromatic heterocycles. The van der Waals surface area contributed by atoms with E-state index in [0.717, 1.165) is 44.5 Å². The zero-order valence-electron chi connectivity index (χ0n) is 18.3. The molecule has 1 aliphatic rings. The summed E-state index contributed by atoms with van der Waals surface area (Å²) < 4.78 is 26.5. The summed E-state index contributed by atoms with van der Waals surface area (Å²) in [5, 5.41) is 5.90. The van der Waals surface area contributed by atoms with Gasteiger partial charge in [0.25, 0.3) is 5.91 Å². The van der Waals surface area contributed by atoms with E-state index in [4.69, 9.17) is 0 Å². The summed E-state index contributed by atoms with van der Waals surface area (Å²) in [6.45, 7) is 5.53. The fourth-order valence-electron chi connectivity index (χ4n) is 3.42. The van der Waals surface area contributed by atoms with Gasteiger partial charge in [-0.15, -0.1) is 0 Å². The fraction of sp³-hybridized carbons (Fsp3) is 0.455. The molecule has 32 heavy (non-hydrogen) atoms. The molecule has 3 rings (SSSR count). The second-order valence-corrected chi connectivity index (χ2v) is 9.26. The van der Waals surface area contributed by atoms with Crippen molar-refractivity contribution in [1.29, 1.82) is 0 Å². The molecule has 7 nitrogen and oxygen atoms in total. The van der Waals surface area contributed by atoms with Gasteiger partial charge in [0, 0.05) is 17.2 Å². The van der Waals surface area contributed by atoms with Crippen LogP contribution in [0.1, 0.15) is 42.1 Å². The molecule has 0 spiro atoms. The number of hydrogen-bond donors (Lipinski definition) is 2. The third-order valence-electron chi connectivity index (χ3n) is 5.41. The van der Waals surface area contributed by atoms with Crippen molar-refractivity contribution in [2.75, 3.05) is 25.5 Å². The first kappa shape index (κ1) is 24.1. The first-order valence-corrected chi connectivity index (χ1v) is 11.4. The van der Waals surface area contributed by atoms with Crippen LogP contribution >= 0.6 is 11.8 Å². The van der Waals surface area contributed by atoms with Crippen molar-refractivity contribution in [2.24, 2.45) is 0 Å². The molecule has 172 valence electrons. The van der Waals surface area contributed by atoms with Crippen LogP contribution < -0.4 is 10.6 Å². The Hall–Kier alpha value is -2.59. The van der Waals surface area contributed by atoms with Crippen molar-refractivity contribution in [3.63, 3.8) is 0 Å². The number of hydrogen-bond acceptors (Lipinski definition) is 6. The summed E-state index contributed by atoms with van der Waals surface area (Å²) in [5.41, 5.74) is 0.557. The van der Waals surface area contributed by atoms with Crippen LogP contribution in [0.15, 0.2) is 29.6 Å². The summed E-state index contributed by atoms with van der Waals surface area (Å²) in [6.07, 6.45) is 4.23. The number of likely N-dealkylation sites (tertiary alicyclic amines) is 1. The minimum atomic E-state index is -1.10. The molecule has 0 bridgehead atoms. The van der Waals surface area contributed by atoms with Crippen LogP contribution in [0.2, 0.25) is 0 Å². The Balaban J connectivity index is 1.63. The average molecular weight is 464 g/mol. The predicted octanol–water partition coefficient (Wildman–Crippen LogP) is 3.40. The van der Waals surface area contributed by atoms with E-state index < -0.39 is 17.5 Å². The topological polar surface area (TPSA) is 87.2 Å². The monoisotopic (exact) mass is 463 g/mol. The Bertz CT molecular complexity index is 991. The number of rotatable bonds is 6. The van der Waals surface area contributed by atoms with Crippen molar-refractivity contribution in [1.82, 2.24) is 20.2 Å². The van der Waals surface area contributed by atoms with Crippen molar-refractivity contribution in [3.05, 3.63) is 47.3 Å². The molecule has 1 fully saturated rings. The zero-order chi connectivity index (χ0) is 23.3. The molecular formula is C22H27F2N5O2S. The quantitative estimate of drug-likeness (QED) is 0.504. The molecule has 1 aromatic carbocycles. The number of amides is 2. The van der Waals surface area contributed by atoms with Gasteiger partial charge in [-0.2, -0.15) is 0 Å². The molecule has 0 aliphatic carbocycles. The van der Waals surface area contributed by atoms with Gasteiger partial charge in [0.15, 0.2) is 11.6 Å². The summed E-state index contributed by atoms with van der Waals surface area (Å²) in [5.74, 6) is -2.56. The summed E-state index contributed by atoms with van der Waals surface area (Å²) >= 11 is 1.28. The molecule has 2 amide bonds. The minimum absolute atomic E-state index is 0.0297. The molecular weight excluding hydrogens is 436 g/mol. The average Bonchev–Trinajstić information content (AvgIpc) is 2.96. The number of carbonyl (C=O) groups excluding carboxylic acids is 2. The Kier molecular flexibility index (Phi) is 8.14. The van der Waals surface area contributed by atoms with E-state index in [2.05, 4.69) is 32.5 Å². The largest absolute Gasteiger partial charge is 0.352 e. The van der Waals surface area contributed by atoms with Gasteiger partial charge in [0.2, 0.25) is 5.91 Å². The number of nitrogens with zero attached hydrogens (tertiary/aromatic N) is 3. The lowest BCUT2D eigenvalue weighted by atomic mass is 10.1. The number of aromatic nitrogens is 2. The maximum absolute atomic E-state index is 13.4. The van der Waals surface area contributed by atoms with Crippen LogP contribution in [0, 0.1) is 18.6 Å². The van der Waals surface area contributed by atoms with Gasteiger partial charge in [-0.05, 0) is 71.4 Å². The first-order chi connectivity index (χ1) is 15.2. The van der Waals surface area contributed by atoms with Gasteiger partial charge >= 0.3 is 0 Å². The predicted molar refractivity (Wildman–Crippen MR) is 120 cm³/mol. The first-order valence-electron chi connectivity index (χ1n) is 10.5. The van der Waals surface area contributed by atoms with Crippen molar-refractivity contribution in [3.8, 4) is 0 Å². The van der Waals surface area contributed by atoms with E-state index in [1.807, 2.05) is 6.92 Å². The second kappa shape index (κ2) is 10.8. The lowest BCUT2D eigenvalue weighted by molar-refractivity contribution is -0.121. The second-order valence-electron chi connectivity index (χ2n) is 7.94. The SMILES string of the molecule is Cc1c(NC(=O)c2ccc(F)c(F)c2)ncnc1SC(C)C(=O)NC1CCCN(C)CC1. The Morgan fingerprint density at radius 3 is 2.72 bits per heavy atom. The molecule has 1 saturated heterocycles. The van der Waals surface area contributed by atoms with Crippen LogP contribution in [0.3, 0.4) is 0 Å². The van der Waals surface area contributed by atoms with Crippen LogP contribution in [-0.4, -0.2) is 58.1 Å². The molecule has 2 unspecified atom stereocenters. The Morgan fingerprint density at radius 2 is 1.97 bits per heavy atom. The number of thioether (sulfide) groups is 1. The molecule has 1 aliphatic heterocycles. The van der Waals surface area contributed by atoms with Crippen molar-refractivity contribution < 1.29 is 18.4 Å². The van der Waals surface area contributed by atoms with Gasteiger partial charge in [0.1, 0.15) is 17.2 Å². The van der Waals surface area contributed by atoms with E-state index >= 15 is 0 Å². The molecule has 2 N–H and O–H groups in total. The number of halogens is 2. The number of nitrogens with one attached hydrogen (secondary N) is 2. The summed E-state index contributed by atoms with van der Waals surface area (Å²) in [7, 11) is 2.09. The van der Waals surface area contributed by atoms with E-state index in [9.17, 15) is 18.4 Å². The van der Waals surface area contributed by atoms with Gasteiger partial charge in [0.05, 0.1) is 5.25 Å². The Labute approximate surface area is 190 Å². The van der Waals surface area contributed by atoms with Crippen molar-refractivity contribution >= 4 is 29.4 Å². The minimum Gasteiger partial charge on any atom is -0.352 e. The highest BCUT2D eigenvalue weighted by Gasteiger charge is 2.22. The summed E-state index contributed by atoms with van der Waals surface area (Å²) in [4.78, 5) is 35.7. The highest BCUT2D eigenvalue weighted by atomic mass is 32.2. The van der Waals surface area contributed by atoms with E-state index in [-0.39, 0.29) is 28.6 Å². The maximum Gasteiger partial charge on any atom is 0.256 e. The van der Waals surface area contributed by atoms with Crippen LogP contribution in [0.4, 0.5) is 14.6 Å². The van der Waals surface area contributed by atoms with Crippen molar-refractivity contribution in [2.45, 2.75) is 49.4 Å². The number of carbonyl (C=O) groups is 2. The Morgan fingerprint density at radius 1 is 1.19 bits per heavy atom. The van der Waals surface area contributed by atoms with Crippen LogP contribution in [-0.2, 0) is 4.79 Å². The molecule has 2 heterocycles. The molecule has 0 saturated carbocycles. The van der Waals surface area contributed by atoms with Crippen LogP contribution in [0.5, 0.6) is 0 Å². The van der Waals surface area contributed by atoms with Gasteiger partial charge in [-0.1, -0.05) is 11.8 Å².